The van der Waals surface area contributed by atoms with Gasteiger partial charge in [-0.1, -0.05) is 29.8 Å². The second kappa shape index (κ2) is 6.03. The predicted molar refractivity (Wildman–Crippen MR) is 83.5 cm³/mol. The van der Waals surface area contributed by atoms with Crippen molar-refractivity contribution >= 4 is 23.2 Å². The number of halogens is 2. The van der Waals surface area contributed by atoms with Crippen LogP contribution in [0.4, 0.5) is 10.1 Å². The second-order valence-electron chi connectivity index (χ2n) is 4.61. The monoisotopic (exact) mass is 315 g/mol. The van der Waals surface area contributed by atoms with Crippen LogP contribution in [0.15, 0.2) is 65.1 Å². The summed E-state index contributed by atoms with van der Waals surface area (Å²) in [5.41, 5.74) is 0.866. The molecule has 0 unspecified atom stereocenters. The topological polar surface area (TPSA) is 42.2 Å². The number of rotatable bonds is 3. The minimum absolute atomic E-state index is 0.0956. The van der Waals surface area contributed by atoms with Crippen molar-refractivity contribution in [3.8, 4) is 11.3 Å². The number of hydrogen-bond donors (Lipinski definition) is 1. The van der Waals surface area contributed by atoms with Crippen LogP contribution < -0.4 is 5.32 Å². The van der Waals surface area contributed by atoms with Crippen molar-refractivity contribution in [2.45, 2.75) is 0 Å². The molecular formula is C17H11ClFNO2. The highest BCUT2D eigenvalue weighted by molar-refractivity contribution is 6.30. The molecule has 0 saturated carbocycles. The molecule has 0 radical (unpaired) electrons. The van der Waals surface area contributed by atoms with E-state index in [0.29, 0.717) is 22.0 Å². The first-order valence-electron chi connectivity index (χ1n) is 6.55. The zero-order valence-corrected chi connectivity index (χ0v) is 12.1. The Morgan fingerprint density at radius 3 is 2.64 bits per heavy atom. The fraction of sp³-hybridized carbons (Fsp3) is 0. The van der Waals surface area contributed by atoms with E-state index in [1.807, 2.05) is 0 Å². The lowest BCUT2D eigenvalue weighted by Crippen LogP contribution is -2.10. The van der Waals surface area contributed by atoms with E-state index in [9.17, 15) is 9.18 Å². The van der Waals surface area contributed by atoms with Crippen molar-refractivity contribution in [1.29, 1.82) is 0 Å². The normalized spacial score (nSPS) is 10.5. The van der Waals surface area contributed by atoms with Gasteiger partial charge in [0.05, 0.1) is 5.56 Å². The molecule has 22 heavy (non-hydrogen) atoms. The average molecular weight is 316 g/mol. The predicted octanol–water partition coefficient (Wildman–Crippen LogP) is 4.99. The van der Waals surface area contributed by atoms with E-state index in [4.69, 9.17) is 16.0 Å². The Balaban J connectivity index is 1.82. The van der Waals surface area contributed by atoms with Gasteiger partial charge in [0.2, 0.25) is 0 Å². The van der Waals surface area contributed by atoms with Crippen molar-refractivity contribution < 1.29 is 13.6 Å². The van der Waals surface area contributed by atoms with Crippen LogP contribution in [0, 0.1) is 5.82 Å². The number of hydrogen-bond acceptors (Lipinski definition) is 2. The van der Waals surface area contributed by atoms with Gasteiger partial charge in [0.15, 0.2) is 5.76 Å². The quantitative estimate of drug-likeness (QED) is 0.739. The summed E-state index contributed by atoms with van der Waals surface area (Å²) < 4.78 is 19.1. The highest BCUT2D eigenvalue weighted by Crippen LogP contribution is 2.25. The molecule has 0 saturated heterocycles. The van der Waals surface area contributed by atoms with E-state index in [-0.39, 0.29) is 5.76 Å². The lowest BCUT2D eigenvalue weighted by Gasteiger charge is -2.03. The first-order valence-corrected chi connectivity index (χ1v) is 6.93. The van der Waals surface area contributed by atoms with E-state index in [1.165, 1.54) is 12.1 Å². The molecule has 0 atom stereocenters. The van der Waals surface area contributed by atoms with Crippen LogP contribution in [0.2, 0.25) is 5.02 Å². The zero-order chi connectivity index (χ0) is 15.5. The third-order valence-corrected chi connectivity index (χ3v) is 3.29. The molecule has 3 aromatic rings. The maximum Gasteiger partial charge on any atom is 0.291 e. The van der Waals surface area contributed by atoms with Gasteiger partial charge >= 0.3 is 0 Å². The summed E-state index contributed by atoms with van der Waals surface area (Å²) in [4.78, 5) is 12.1. The van der Waals surface area contributed by atoms with Gasteiger partial charge in [-0.05, 0) is 42.5 Å². The van der Waals surface area contributed by atoms with Gasteiger partial charge in [0, 0.05) is 10.7 Å². The van der Waals surface area contributed by atoms with Crippen molar-refractivity contribution in [3.05, 3.63) is 77.3 Å². The van der Waals surface area contributed by atoms with Crippen LogP contribution in [0.1, 0.15) is 10.6 Å². The summed E-state index contributed by atoms with van der Waals surface area (Å²) in [6.45, 7) is 0. The highest BCUT2D eigenvalue weighted by Gasteiger charge is 2.14. The molecule has 110 valence electrons. The van der Waals surface area contributed by atoms with Crippen LogP contribution >= 0.6 is 11.6 Å². The standard InChI is InChI=1S/C17H11ClFNO2/c18-11-4-3-5-12(10-11)20-17(21)16-9-8-15(22-16)13-6-1-2-7-14(13)19/h1-10H,(H,20,21). The van der Waals surface area contributed by atoms with Gasteiger partial charge in [-0.3, -0.25) is 4.79 Å². The summed E-state index contributed by atoms with van der Waals surface area (Å²) in [6.07, 6.45) is 0. The van der Waals surface area contributed by atoms with Crippen LogP contribution in [0.25, 0.3) is 11.3 Å². The molecule has 0 aliphatic carbocycles. The lowest BCUT2D eigenvalue weighted by molar-refractivity contribution is 0.0997. The summed E-state index contributed by atoms with van der Waals surface area (Å²) in [7, 11) is 0. The molecule has 2 aromatic carbocycles. The number of anilines is 1. The van der Waals surface area contributed by atoms with Crippen LogP contribution in [0.5, 0.6) is 0 Å². The van der Waals surface area contributed by atoms with Crippen LogP contribution in [-0.2, 0) is 0 Å². The van der Waals surface area contributed by atoms with Gasteiger partial charge in [-0.15, -0.1) is 0 Å². The fourth-order valence-electron chi connectivity index (χ4n) is 2.02. The number of amides is 1. The Bertz CT molecular complexity index is 829. The van der Waals surface area contributed by atoms with E-state index in [2.05, 4.69) is 5.32 Å². The van der Waals surface area contributed by atoms with Crippen molar-refractivity contribution in [3.63, 3.8) is 0 Å². The summed E-state index contributed by atoms with van der Waals surface area (Å²) in [6, 6.07) is 16.1. The summed E-state index contributed by atoms with van der Waals surface area (Å²) >= 11 is 5.86. The molecule has 3 rings (SSSR count). The average Bonchev–Trinajstić information content (AvgIpc) is 2.97. The van der Waals surface area contributed by atoms with Gasteiger partial charge < -0.3 is 9.73 Å². The molecule has 0 spiro atoms. The molecule has 1 aromatic heterocycles. The Morgan fingerprint density at radius 1 is 1.05 bits per heavy atom. The minimum Gasteiger partial charge on any atom is -0.451 e. The molecule has 0 aliphatic heterocycles. The molecule has 1 N–H and O–H groups in total. The smallest absolute Gasteiger partial charge is 0.291 e. The third-order valence-electron chi connectivity index (χ3n) is 3.05. The molecule has 5 heteroatoms. The Labute approximate surface area is 131 Å². The van der Waals surface area contributed by atoms with Crippen LogP contribution in [-0.4, -0.2) is 5.91 Å². The Kier molecular flexibility index (Phi) is 3.94. The van der Waals surface area contributed by atoms with Crippen LogP contribution in [0.3, 0.4) is 0 Å². The Hall–Kier alpha value is -2.59. The zero-order valence-electron chi connectivity index (χ0n) is 11.3. The Morgan fingerprint density at radius 2 is 1.86 bits per heavy atom. The molecule has 0 fully saturated rings. The maximum atomic E-state index is 13.7. The maximum absolute atomic E-state index is 13.7. The van der Waals surface area contributed by atoms with Crippen molar-refractivity contribution in [2.24, 2.45) is 0 Å². The van der Waals surface area contributed by atoms with E-state index >= 15 is 0 Å². The number of carbonyl (C=O) groups excluding carboxylic acids is 1. The highest BCUT2D eigenvalue weighted by atomic mass is 35.5. The number of benzene rings is 2. The van der Waals surface area contributed by atoms with E-state index in [0.717, 1.165) is 0 Å². The summed E-state index contributed by atoms with van der Waals surface area (Å²) in [5, 5.41) is 3.19. The van der Waals surface area contributed by atoms with Gasteiger partial charge in [-0.2, -0.15) is 0 Å². The van der Waals surface area contributed by atoms with Crippen molar-refractivity contribution in [1.82, 2.24) is 0 Å². The molecule has 1 heterocycles. The van der Waals surface area contributed by atoms with E-state index < -0.39 is 11.7 Å². The largest absolute Gasteiger partial charge is 0.451 e. The SMILES string of the molecule is O=C(Nc1cccc(Cl)c1)c1ccc(-c2ccccc2F)o1. The molecule has 0 aliphatic rings. The number of nitrogens with one attached hydrogen (secondary N) is 1. The van der Waals surface area contributed by atoms with Gasteiger partial charge in [0.25, 0.3) is 5.91 Å². The minimum atomic E-state index is -0.426. The van der Waals surface area contributed by atoms with Crippen molar-refractivity contribution in [2.75, 3.05) is 5.32 Å². The summed E-state index contributed by atoms with van der Waals surface area (Å²) in [5.74, 6) is -0.434. The molecule has 1 amide bonds. The third kappa shape index (κ3) is 3.02. The molecule has 3 nitrogen and oxygen atoms in total. The number of furan rings is 1. The second-order valence-corrected chi connectivity index (χ2v) is 5.04. The first-order chi connectivity index (χ1) is 10.6. The molecular weight excluding hydrogens is 305 g/mol. The van der Waals surface area contributed by atoms with Gasteiger partial charge in [0.1, 0.15) is 11.6 Å². The lowest BCUT2D eigenvalue weighted by atomic mass is 10.1. The molecule has 0 bridgehead atoms. The van der Waals surface area contributed by atoms with Gasteiger partial charge in [-0.25, -0.2) is 4.39 Å². The van der Waals surface area contributed by atoms with E-state index in [1.54, 1.807) is 48.5 Å². The first kappa shape index (κ1) is 14.4. The number of carbonyl (C=O) groups is 1. The fourth-order valence-corrected chi connectivity index (χ4v) is 2.21.